The number of hydrogen-bond acceptors (Lipinski definition) is 3. The molecule has 0 aliphatic carbocycles. The molecule has 0 unspecified atom stereocenters. The van der Waals surface area contributed by atoms with Crippen LogP contribution in [0.2, 0.25) is 5.15 Å². The molecular formula is C24H25ClN4O2. The van der Waals surface area contributed by atoms with Crippen molar-refractivity contribution in [3.63, 3.8) is 0 Å². The first-order valence-electron chi connectivity index (χ1n) is 9.84. The van der Waals surface area contributed by atoms with E-state index < -0.39 is 0 Å². The quantitative estimate of drug-likeness (QED) is 0.576. The first kappa shape index (κ1) is 22.3. The van der Waals surface area contributed by atoms with Crippen LogP contribution < -0.4 is 5.32 Å². The molecule has 1 aromatic heterocycles. The van der Waals surface area contributed by atoms with Gasteiger partial charge in [0.15, 0.2) is 0 Å². The molecule has 1 heterocycles. The Morgan fingerprint density at radius 3 is 2.52 bits per heavy atom. The van der Waals surface area contributed by atoms with Gasteiger partial charge in [-0.15, -0.1) is 0 Å². The fourth-order valence-electron chi connectivity index (χ4n) is 3.06. The SMILES string of the molecule is Cc1ccc(Cn2nc(C)c(/C=C/C(=O)Nc3cccc(C(=O)N(C)C)c3)c2Cl)cc1. The molecule has 0 spiro atoms. The van der Waals surface area contributed by atoms with Gasteiger partial charge >= 0.3 is 0 Å². The highest BCUT2D eigenvalue weighted by atomic mass is 35.5. The predicted molar refractivity (Wildman–Crippen MR) is 124 cm³/mol. The zero-order valence-electron chi connectivity index (χ0n) is 18.0. The summed E-state index contributed by atoms with van der Waals surface area (Å²) in [7, 11) is 3.36. The molecule has 31 heavy (non-hydrogen) atoms. The van der Waals surface area contributed by atoms with Gasteiger partial charge in [0.1, 0.15) is 5.15 Å². The summed E-state index contributed by atoms with van der Waals surface area (Å²) in [5, 5.41) is 7.74. The van der Waals surface area contributed by atoms with Crippen LogP contribution in [-0.4, -0.2) is 40.6 Å². The third kappa shape index (κ3) is 5.61. The van der Waals surface area contributed by atoms with Gasteiger partial charge in [0.25, 0.3) is 5.91 Å². The molecule has 0 fully saturated rings. The fraction of sp³-hybridized carbons (Fsp3) is 0.208. The molecule has 3 rings (SSSR count). The second-order valence-electron chi connectivity index (χ2n) is 7.54. The number of halogens is 1. The van der Waals surface area contributed by atoms with E-state index in [1.54, 1.807) is 49.1 Å². The normalized spacial score (nSPS) is 11.0. The fourth-order valence-corrected chi connectivity index (χ4v) is 3.36. The molecule has 6 nitrogen and oxygen atoms in total. The Hall–Kier alpha value is -3.38. The van der Waals surface area contributed by atoms with E-state index in [1.807, 2.05) is 38.1 Å². The van der Waals surface area contributed by atoms with E-state index in [0.29, 0.717) is 28.5 Å². The van der Waals surface area contributed by atoms with E-state index >= 15 is 0 Å². The maximum absolute atomic E-state index is 12.4. The number of anilines is 1. The van der Waals surface area contributed by atoms with Crippen molar-refractivity contribution in [2.75, 3.05) is 19.4 Å². The number of amides is 2. The van der Waals surface area contributed by atoms with Crippen LogP contribution in [0.5, 0.6) is 0 Å². The van der Waals surface area contributed by atoms with Gasteiger partial charge in [-0.25, -0.2) is 4.68 Å². The summed E-state index contributed by atoms with van der Waals surface area (Å²) in [4.78, 5) is 26.0. The van der Waals surface area contributed by atoms with Crippen molar-refractivity contribution in [2.45, 2.75) is 20.4 Å². The van der Waals surface area contributed by atoms with E-state index in [9.17, 15) is 9.59 Å². The Kier molecular flexibility index (Phi) is 6.92. The molecule has 0 aliphatic rings. The summed E-state index contributed by atoms with van der Waals surface area (Å²) < 4.78 is 1.72. The Morgan fingerprint density at radius 2 is 1.84 bits per heavy atom. The van der Waals surface area contributed by atoms with Gasteiger partial charge in [-0.2, -0.15) is 5.10 Å². The minimum absolute atomic E-state index is 0.130. The van der Waals surface area contributed by atoms with Gasteiger partial charge in [0.05, 0.1) is 12.2 Å². The van der Waals surface area contributed by atoms with Crippen molar-refractivity contribution < 1.29 is 9.59 Å². The van der Waals surface area contributed by atoms with Gasteiger partial charge in [-0.05, 0) is 43.7 Å². The molecule has 0 bridgehead atoms. The molecule has 0 saturated carbocycles. The van der Waals surface area contributed by atoms with Crippen LogP contribution in [0.4, 0.5) is 5.69 Å². The average Bonchev–Trinajstić information content (AvgIpc) is 3.00. The molecule has 1 N–H and O–H groups in total. The van der Waals surface area contributed by atoms with Crippen LogP contribution in [0.3, 0.4) is 0 Å². The third-order valence-corrected chi connectivity index (χ3v) is 5.15. The lowest BCUT2D eigenvalue weighted by Crippen LogP contribution is -2.21. The summed E-state index contributed by atoms with van der Waals surface area (Å²) in [5.74, 6) is -0.453. The standard InChI is InChI=1S/C24H25ClN4O2/c1-16-8-10-18(11-9-16)15-29-23(25)21(17(2)27-29)12-13-22(30)26-20-7-5-6-19(14-20)24(31)28(3)4/h5-14H,15H2,1-4H3,(H,26,30)/b13-12+. The molecule has 0 saturated heterocycles. The molecular weight excluding hydrogens is 412 g/mol. The third-order valence-electron chi connectivity index (χ3n) is 4.75. The number of nitrogens with zero attached hydrogens (tertiary/aromatic N) is 3. The number of carbonyl (C=O) groups excluding carboxylic acids is 2. The van der Waals surface area contributed by atoms with Gasteiger partial charge in [-0.1, -0.05) is 47.5 Å². The van der Waals surface area contributed by atoms with Crippen LogP contribution in [0.15, 0.2) is 54.6 Å². The lowest BCUT2D eigenvalue weighted by Gasteiger charge is -2.11. The minimum atomic E-state index is -0.323. The maximum atomic E-state index is 12.4. The lowest BCUT2D eigenvalue weighted by molar-refractivity contribution is -0.111. The number of nitrogens with one attached hydrogen (secondary N) is 1. The second-order valence-corrected chi connectivity index (χ2v) is 7.89. The zero-order valence-corrected chi connectivity index (χ0v) is 18.8. The largest absolute Gasteiger partial charge is 0.345 e. The van der Waals surface area contributed by atoms with E-state index in [0.717, 1.165) is 11.3 Å². The molecule has 2 aromatic carbocycles. The lowest BCUT2D eigenvalue weighted by atomic mass is 10.1. The predicted octanol–water partition coefficient (Wildman–Crippen LogP) is 4.56. The minimum Gasteiger partial charge on any atom is -0.345 e. The molecule has 0 aliphatic heterocycles. The molecule has 2 amide bonds. The topological polar surface area (TPSA) is 67.2 Å². The summed E-state index contributed by atoms with van der Waals surface area (Å²) in [6.45, 7) is 4.44. The van der Waals surface area contributed by atoms with Gasteiger partial charge in [0, 0.05) is 37.0 Å². The highest BCUT2D eigenvalue weighted by Crippen LogP contribution is 2.22. The van der Waals surface area contributed by atoms with Gasteiger partial charge in [-0.3, -0.25) is 9.59 Å². The number of benzene rings is 2. The molecule has 3 aromatic rings. The number of carbonyl (C=O) groups is 2. The van der Waals surface area contributed by atoms with Crippen molar-refractivity contribution in [3.05, 3.63) is 87.7 Å². The number of rotatable bonds is 6. The van der Waals surface area contributed by atoms with E-state index in [4.69, 9.17) is 11.6 Å². The summed E-state index contributed by atoms with van der Waals surface area (Å²) >= 11 is 6.52. The zero-order chi connectivity index (χ0) is 22.5. The van der Waals surface area contributed by atoms with Crippen LogP contribution in [0, 0.1) is 13.8 Å². The smallest absolute Gasteiger partial charge is 0.253 e. The number of aryl methyl sites for hydroxylation is 2. The molecule has 160 valence electrons. The monoisotopic (exact) mass is 436 g/mol. The number of aromatic nitrogens is 2. The van der Waals surface area contributed by atoms with Crippen LogP contribution >= 0.6 is 11.6 Å². The van der Waals surface area contributed by atoms with Crippen LogP contribution in [0.1, 0.15) is 32.7 Å². The second kappa shape index (κ2) is 9.62. The molecule has 0 radical (unpaired) electrons. The summed E-state index contributed by atoms with van der Waals surface area (Å²) in [6, 6.07) is 15.0. The molecule has 0 atom stereocenters. The Bertz CT molecular complexity index is 1130. The summed E-state index contributed by atoms with van der Waals surface area (Å²) in [6.07, 6.45) is 3.06. The highest BCUT2D eigenvalue weighted by Gasteiger charge is 2.12. The van der Waals surface area contributed by atoms with Crippen molar-refractivity contribution >= 4 is 35.2 Å². The first-order chi connectivity index (χ1) is 14.7. The van der Waals surface area contributed by atoms with Gasteiger partial charge in [0.2, 0.25) is 5.91 Å². The summed E-state index contributed by atoms with van der Waals surface area (Å²) in [5.41, 5.74) is 4.76. The highest BCUT2D eigenvalue weighted by molar-refractivity contribution is 6.31. The van der Waals surface area contributed by atoms with Crippen molar-refractivity contribution in [3.8, 4) is 0 Å². The Morgan fingerprint density at radius 1 is 1.13 bits per heavy atom. The van der Waals surface area contributed by atoms with Crippen molar-refractivity contribution in [2.24, 2.45) is 0 Å². The average molecular weight is 437 g/mol. The Balaban J connectivity index is 1.71. The molecule has 7 heteroatoms. The van der Waals surface area contributed by atoms with Crippen molar-refractivity contribution in [1.29, 1.82) is 0 Å². The maximum Gasteiger partial charge on any atom is 0.253 e. The van der Waals surface area contributed by atoms with E-state index in [1.165, 1.54) is 16.5 Å². The Labute approximate surface area is 187 Å². The van der Waals surface area contributed by atoms with E-state index in [2.05, 4.69) is 10.4 Å². The first-order valence-corrected chi connectivity index (χ1v) is 10.2. The van der Waals surface area contributed by atoms with Gasteiger partial charge < -0.3 is 10.2 Å². The van der Waals surface area contributed by atoms with Crippen molar-refractivity contribution in [1.82, 2.24) is 14.7 Å². The van der Waals surface area contributed by atoms with Crippen LogP contribution in [-0.2, 0) is 11.3 Å². The van der Waals surface area contributed by atoms with E-state index in [-0.39, 0.29) is 11.8 Å². The number of hydrogen-bond donors (Lipinski definition) is 1. The van der Waals surface area contributed by atoms with Crippen LogP contribution in [0.25, 0.3) is 6.08 Å².